The van der Waals surface area contributed by atoms with E-state index in [1.165, 1.54) is 0 Å². The van der Waals surface area contributed by atoms with Crippen molar-refractivity contribution in [3.63, 3.8) is 0 Å². The lowest BCUT2D eigenvalue weighted by atomic mass is 10.2. The van der Waals surface area contributed by atoms with Gasteiger partial charge in [0.15, 0.2) is 5.82 Å². The Labute approximate surface area is 107 Å². The third kappa shape index (κ3) is 2.59. The van der Waals surface area contributed by atoms with Gasteiger partial charge in [-0.3, -0.25) is 4.79 Å². The van der Waals surface area contributed by atoms with E-state index in [1.807, 2.05) is 43.6 Å². The topological polar surface area (TPSA) is 46.9 Å². The van der Waals surface area contributed by atoms with Crippen LogP contribution in [-0.4, -0.2) is 15.5 Å². The molecular weight excluding hydrogens is 226 g/mol. The first-order chi connectivity index (χ1) is 8.58. The molecule has 1 N–H and O–H groups in total. The average molecular weight is 243 g/mol. The molecule has 0 aliphatic carbocycles. The second kappa shape index (κ2) is 5.04. The van der Waals surface area contributed by atoms with Gasteiger partial charge in [0.05, 0.1) is 5.69 Å². The molecule has 94 valence electrons. The fraction of sp³-hybridized carbons (Fsp3) is 0.286. The van der Waals surface area contributed by atoms with Crippen molar-refractivity contribution in [1.82, 2.24) is 9.55 Å². The van der Waals surface area contributed by atoms with Crippen molar-refractivity contribution in [3.8, 4) is 0 Å². The molecule has 1 heterocycles. The Morgan fingerprint density at radius 3 is 2.50 bits per heavy atom. The molecule has 4 heteroatoms. The number of aromatic nitrogens is 2. The summed E-state index contributed by atoms with van der Waals surface area (Å²) in [5.74, 6) is 0.563. The number of rotatable bonds is 3. The standard InChI is InChI=1S/C14H17N3O/c1-10(2)12-9-17(3)13(16-12)14(18)15-11-7-5-4-6-8-11/h4-10H,1-3H3,(H,15,18). The van der Waals surface area contributed by atoms with E-state index in [0.717, 1.165) is 11.4 Å². The molecule has 2 rings (SSSR count). The Kier molecular flexibility index (Phi) is 3.46. The third-order valence-corrected chi connectivity index (χ3v) is 2.72. The average Bonchev–Trinajstić information content (AvgIpc) is 2.73. The fourth-order valence-electron chi connectivity index (χ4n) is 1.69. The second-order valence-electron chi connectivity index (χ2n) is 4.58. The molecule has 4 nitrogen and oxygen atoms in total. The van der Waals surface area contributed by atoms with Crippen LogP contribution in [-0.2, 0) is 7.05 Å². The smallest absolute Gasteiger partial charge is 0.291 e. The first-order valence-electron chi connectivity index (χ1n) is 5.97. The maximum atomic E-state index is 12.1. The molecule has 0 spiro atoms. The van der Waals surface area contributed by atoms with Gasteiger partial charge in [0.2, 0.25) is 0 Å². The Balaban J connectivity index is 2.19. The number of imidazole rings is 1. The van der Waals surface area contributed by atoms with Crippen molar-refractivity contribution in [2.45, 2.75) is 19.8 Å². The third-order valence-electron chi connectivity index (χ3n) is 2.72. The molecule has 0 aliphatic rings. The van der Waals surface area contributed by atoms with Crippen LogP contribution < -0.4 is 5.32 Å². The molecule has 18 heavy (non-hydrogen) atoms. The summed E-state index contributed by atoms with van der Waals surface area (Å²) >= 11 is 0. The predicted molar refractivity (Wildman–Crippen MR) is 71.7 cm³/mol. The van der Waals surface area contributed by atoms with Gasteiger partial charge in [-0.1, -0.05) is 32.0 Å². The Morgan fingerprint density at radius 1 is 1.28 bits per heavy atom. The Hall–Kier alpha value is -2.10. The van der Waals surface area contributed by atoms with E-state index >= 15 is 0 Å². The number of carbonyl (C=O) groups is 1. The molecule has 0 aliphatic heterocycles. The van der Waals surface area contributed by atoms with E-state index in [1.54, 1.807) is 4.57 Å². The lowest BCUT2D eigenvalue weighted by Crippen LogP contribution is -2.16. The van der Waals surface area contributed by atoms with Crippen LogP contribution in [0.3, 0.4) is 0 Å². The molecule has 1 aromatic carbocycles. The molecule has 0 radical (unpaired) electrons. The fourth-order valence-corrected chi connectivity index (χ4v) is 1.69. The predicted octanol–water partition coefficient (Wildman–Crippen LogP) is 2.80. The van der Waals surface area contributed by atoms with Crippen molar-refractivity contribution in [2.75, 3.05) is 5.32 Å². The van der Waals surface area contributed by atoms with E-state index in [0.29, 0.717) is 11.7 Å². The van der Waals surface area contributed by atoms with Gasteiger partial charge in [-0.25, -0.2) is 4.98 Å². The number of benzene rings is 1. The first-order valence-corrected chi connectivity index (χ1v) is 5.97. The molecule has 0 unspecified atom stereocenters. The van der Waals surface area contributed by atoms with E-state index in [-0.39, 0.29) is 5.91 Å². The van der Waals surface area contributed by atoms with E-state index < -0.39 is 0 Å². The summed E-state index contributed by atoms with van der Waals surface area (Å²) in [5, 5.41) is 2.83. The number of carbonyl (C=O) groups excluding carboxylic acids is 1. The van der Waals surface area contributed by atoms with Gasteiger partial charge in [0.25, 0.3) is 5.91 Å². The molecule has 0 saturated heterocycles. The number of hydrogen-bond donors (Lipinski definition) is 1. The van der Waals surface area contributed by atoms with Gasteiger partial charge in [-0.15, -0.1) is 0 Å². The zero-order valence-electron chi connectivity index (χ0n) is 10.8. The summed E-state index contributed by atoms with van der Waals surface area (Å²) < 4.78 is 1.76. The monoisotopic (exact) mass is 243 g/mol. The van der Waals surface area contributed by atoms with Crippen molar-refractivity contribution in [2.24, 2.45) is 7.05 Å². The van der Waals surface area contributed by atoms with Gasteiger partial charge >= 0.3 is 0 Å². The first kappa shape index (κ1) is 12.4. The zero-order valence-corrected chi connectivity index (χ0v) is 10.8. The number of para-hydroxylation sites is 1. The quantitative estimate of drug-likeness (QED) is 0.901. The number of hydrogen-bond acceptors (Lipinski definition) is 2. The highest BCUT2D eigenvalue weighted by atomic mass is 16.2. The lowest BCUT2D eigenvalue weighted by molar-refractivity contribution is 0.101. The summed E-state index contributed by atoms with van der Waals surface area (Å²) in [7, 11) is 1.83. The molecule has 0 atom stereocenters. The summed E-state index contributed by atoms with van der Waals surface area (Å²) in [5.41, 5.74) is 1.70. The highest BCUT2D eigenvalue weighted by Gasteiger charge is 2.15. The van der Waals surface area contributed by atoms with Crippen molar-refractivity contribution < 1.29 is 4.79 Å². The molecule has 1 amide bonds. The minimum absolute atomic E-state index is 0.185. The number of nitrogens with one attached hydrogen (secondary N) is 1. The highest BCUT2D eigenvalue weighted by molar-refractivity contribution is 6.01. The molecular formula is C14H17N3O. The van der Waals surface area contributed by atoms with Crippen LogP contribution in [0.2, 0.25) is 0 Å². The van der Waals surface area contributed by atoms with E-state index in [9.17, 15) is 4.79 Å². The van der Waals surface area contributed by atoms with Crippen LogP contribution in [0.15, 0.2) is 36.5 Å². The van der Waals surface area contributed by atoms with Crippen LogP contribution in [0.4, 0.5) is 5.69 Å². The zero-order chi connectivity index (χ0) is 13.1. The van der Waals surface area contributed by atoms with Gasteiger partial charge in [-0.2, -0.15) is 0 Å². The van der Waals surface area contributed by atoms with Crippen LogP contribution in [0.5, 0.6) is 0 Å². The molecule has 1 aromatic heterocycles. The lowest BCUT2D eigenvalue weighted by Gasteiger charge is -2.04. The number of amides is 1. The number of aryl methyl sites for hydroxylation is 1. The molecule has 0 fully saturated rings. The minimum atomic E-state index is -0.185. The van der Waals surface area contributed by atoms with Crippen LogP contribution >= 0.6 is 0 Å². The summed E-state index contributed by atoms with van der Waals surface area (Å²) in [4.78, 5) is 16.4. The van der Waals surface area contributed by atoms with Crippen molar-refractivity contribution >= 4 is 11.6 Å². The van der Waals surface area contributed by atoms with Gasteiger partial charge < -0.3 is 9.88 Å². The van der Waals surface area contributed by atoms with Crippen LogP contribution in [0, 0.1) is 0 Å². The van der Waals surface area contributed by atoms with E-state index in [2.05, 4.69) is 24.1 Å². The maximum absolute atomic E-state index is 12.1. The molecule has 2 aromatic rings. The summed E-state index contributed by atoms with van der Waals surface area (Å²) in [6.07, 6.45) is 1.89. The highest BCUT2D eigenvalue weighted by Crippen LogP contribution is 2.14. The van der Waals surface area contributed by atoms with Crippen molar-refractivity contribution in [1.29, 1.82) is 0 Å². The number of anilines is 1. The van der Waals surface area contributed by atoms with Crippen molar-refractivity contribution in [3.05, 3.63) is 48.0 Å². The van der Waals surface area contributed by atoms with E-state index in [4.69, 9.17) is 0 Å². The molecule has 0 bridgehead atoms. The maximum Gasteiger partial charge on any atom is 0.291 e. The second-order valence-corrected chi connectivity index (χ2v) is 4.58. The molecule has 0 saturated carbocycles. The van der Waals surface area contributed by atoms with Gasteiger partial charge in [0, 0.05) is 18.9 Å². The SMILES string of the molecule is CC(C)c1cn(C)c(C(=O)Nc2ccccc2)n1. The largest absolute Gasteiger partial charge is 0.330 e. The van der Waals surface area contributed by atoms with Crippen LogP contribution in [0.25, 0.3) is 0 Å². The minimum Gasteiger partial charge on any atom is -0.330 e. The number of nitrogens with zero attached hydrogens (tertiary/aromatic N) is 2. The summed E-state index contributed by atoms with van der Waals surface area (Å²) in [6, 6.07) is 9.38. The summed E-state index contributed by atoms with van der Waals surface area (Å²) in [6.45, 7) is 4.11. The van der Waals surface area contributed by atoms with Gasteiger partial charge in [0.1, 0.15) is 0 Å². The Bertz CT molecular complexity index is 543. The Morgan fingerprint density at radius 2 is 1.94 bits per heavy atom. The van der Waals surface area contributed by atoms with Gasteiger partial charge in [-0.05, 0) is 18.1 Å². The van der Waals surface area contributed by atoms with Crippen LogP contribution in [0.1, 0.15) is 36.1 Å². The normalized spacial score (nSPS) is 10.7.